The predicted molar refractivity (Wildman–Crippen MR) is 86.1 cm³/mol. The first-order valence-corrected chi connectivity index (χ1v) is 7.66. The molecule has 1 heterocycles. The molecule has 0 fully saturated rings. The molecule has 0 saturated carbocycles. The number of hydrogen-bond donors (Lipinski definition) is 0. The summed E-state index contributed by atoms with van der Waals surface area (Å²) in [6.07, 6.45) is 3.44. The van der Waals surface area contributed by atoms with E-state index in [1.807, 2.05) is 6.07 Å². The smallest absolute Gasteiger partial charge is 0.338 e. The van der Waals surface area contributed by atoms with Crippen molar-refractivity contribution in [3.05, 3.63) is 59.5 Å². The average molecular weight is 315 g/mol. The molecule has 0 atom stereocenters. The zero-order valence-corrected chi connectivity index (χ0v) is 13.5. The van der Waals surface area contributed by atoms with Gasteiger partial charge in [-0.1, -0.05) is 25.5 Å². The van der Waals surface area contributed by atoms with Crippen molar-refractivity contribution in [2.24, 2.45) is 0 Å². The van der Waals surface area contributed by atoms with Crippen LogP contribution in [0.2, 0.25) is 0 Å². The topological polar surface area (TPSA) is 59.8 Å². The number of hydrogen-bond acceptors (Lipinski definition) is 4. The lowest BCUT2D eigenvalue weighted by Crippen LogP contribution is -2.32. The molecule has 0 N–H and O–H groups in total. The van der Waals surface area contributed by atoms with Crippen molar-refractivity contribution in [1.29, 1.82) is 0 Å². The summed E-state index contributed by atoms with van der Waals surface area (Å²) in [6, 6.07) is 10.3. The Bertz CT molecular complexity index is 649. The molecular weight excluding hydrogens is 294 g/mol. The summed E-state index contributed by atoms with van der Waals surface area (Å²) >= 11 is 0. The third-order valence-electron chi connectivity index (χ3n) is 3.56. The van der Waals surface area contributed by atoms with Crippen LogP contribution in [0.1, 0.15) is 46.2 Å². The number of unbranched alkanes of at least 4 members (excludes halogenated alkanes) is 1. The lowest BCUT2D eigenvalue weighted by atomic mass is 10.1. The number of carbonyl (C=O) groups is 2. The van der Waals surface area contributed by atoms with Crippen LogP contribution >= 0.6 is 0 Å². The molecule has 0 radical (unpaired) electrons. The van der Waals surface area contributed by atoms with E-state index >= 15 is 0 Å². The second-order valence-corrected chi connectivity index (χ2v) is 5.20. The number of nitrogens with zero attached hydrogens (tertiary/aromatic N) is 1. The van der Waals surface area contributed by atoms with Crippen LogP contribution in [0.25, 0.3) is 0 Å². The Labute approximate surface area is 135 Å². The van der Waals surface area contributed by atoms with Crippen LogP contribution in [0.3, 0.4) is 0 Å². The van der Waals surface area contributed by atoms with E-state index in [9.17, 15) is 9.59 Å². The fourth-order valence-corrected chi connectivity index (χ4v) is 2.32. The molecule has 5 heteroatoms. The monoisotopic (exact) mass is 315 g/mol. The summed E-state index contributed by atoms with van der Waals surface area (Å²) in [5.74, 6) is 0.00300. The SMILES string of the molecule is CCCCN(Cc1ccco1)C(=O)c1ccccc1C(=O)OC. The lowest BCUT2D eigenvalue weighted by Gasteiger charge is -2.22. The Morgan fingerprint density at radius 1 is 1.13 bits per heavy atom. The van der Waals surface area contributed by atoms with E-state index in [0.717, 1.165) is 12.8 Å². The number of esters is 1. The van der Waals surface area contributed by atoms with Crippen molar-refractivity contribution in [2.75, 3.05) is 13.7 Å². The van der Waals surface area contributed by atoms with Crippen molar-refractivity contribution >= 4 is 11.9 Å². The molecule has 1 aromatic heterocycles. The number of rotatable bonds is 7. The molecule has 0 spiro atoms. The Balaban J connectivity index is 2.27. The second kappa shape index (κ2) is 8.17. The quantitative estimate of drug-likeness (QED) is 0.734. The van der Waals surface area contributed by atoms with E-state index in [1.54, 1.807) is 41.5 Å². The van der Waals surface area contributed by atoms with Gasteiger partial charge in [0.05, 0.1) is 31.0 Å². The molecule has 2 aromatic rings. The minimum atomic E-state index is -0.512. The number of carbonyl (C=O) groups excluding carboxylic acids is 2. The third kappa shape index (κ3) is 4.22. The summed E-state index contributed by atoms with van der Waals surface area (Å²) in [4.78, 5) is 26.5. The number of benzene rings is 1. The third-order valence-corrected chi connectivity index (χ3v) is 3.56. The van der Waals surface area contributed by atoms with Gasteiger partial charge in [0.2, 0.25) is 0 Å². The molecule has 1 amide bonds. The lowest BCUT2D eigenvalue weighted by molar-refractivity contribution is 0.0588. The van der Waals surface area contributed by atoms with E-state index in [1.165, 1.54) is 7.11 Å². The predicted octanol–water partition coefficient (Wildman–Crippen LogP) is 3.51. The summed E-state index contributed by atoms with van der Waals surface area (Å²) < 4.78 is 10.1. The molecular formula is C18H21NO4. The van der Waals surface area contributed by atoms with Crippen LogP contribution in [0.15, 0.2) is 47.1 Å². The van der Waals surface area contributed by atoms with Gasteiger partial charge >= 0.3 is 5.97 Å². The molecule has 0 unspecified atom stereocenters. The zero-order valence-electron chi connectivity index (χ0n) is 13.5. The Hall–Kier alpha value is -2.56. The summed E-state index contributed by atoms with van der Waals surface area (Å²) in [6.45, 7) is 3.05. The Morgan fingerprint density at radius 3 is 2.48 bits per heavy atom. The first-order chi connectivity index (χ1) is 11.2. The van der Waals surface area contributed by atoms with Gasteiger partial charge in [-0.05, 0) is 30.7 Å². The van der Waals surface area contributed by atoms with E-state index in [4.69, 9.17) is 9.15 Å². The van der Waals surface area contributed by atoms with E-state index in [2.05, 4.69) is 6.92 Å². The van der Waals surface area contributed by atoms with Crippen molar-refractivity contribution in [1.82, 2.24) is 4.90 Å². The summed E-state index contributed by atoms with van der Waals surface area (Å²) in [5, 5.41) is 0. The highest BCUT2D eigenvalue weighted by Gasteiger charge is 2.22. The van der Waals surface area contributed by atoms with Crippen LogP contribution in [-0.2, 0) is 11.3 Å². The number of methoxy groups -OCH3 is 1. The van der Waals surface area contributed by atoms with Gasteiger partial charge in [-0.2, -0.15) is 0 Å². The van der Waals surface area contributed by atoms with Crippen LogP contribution in [-0.4, -0.2) is 30.4 Å². The maximum absolute atomic E-state index is 12.9. The Morgan fingerprint density at radius 2 is 1.87 bits per heavy atom. The van der Waals surface area contributed by atoms with Crippen molar-refractivity contribution in [3.63, 3.8) is 0 Å². The highest BCUT2D eigenvalue weighted by molar-refractivity contribution is 6.05. The van der Waals surface area contributed by atoms with Crippen molar-refractivity contribution in [2.45, 2.75) is 26.3 Å². The number of ether oxygens (including phenoxy) is 1. The first kappa shape index (κ1) is 16.8. The normalized spacial score (nSPS) is 10.3. The van der Waals surface area contributed by atoms with Gasteiger partial charge in [0.15, 0.2) is 0 Å². The molecule has 0 bridgehead atoms. The maximum Gasteiger partial charge on any atom is 0.338 e. The van der Waals surface area contributed by atoms with Crippen LogP contribution in [0, 0.1) is 0 Å². The first-order valence-electron chi connectivity index (χ1n) is 7.66. The summed E-state index contributed by atoms with van der Waals surface area (Å²) in [5.41, 5.74) is 0.628. The minimum Gasteiger partial charge on any atom is -0.467 e. The molecule has 0 aliphatic heterocycles. The molecule has 0 saturated heterocycles. The van der Waals surface area contributed by atoms with Crippen molar-refractivity contribution < 1.29 is 18.7 Å². The van der Waals surface area contributed by atoms with Crippen molar-refractivity contribution in [3.8, 4) is 0 Å². The van der Waals surface area contributed by atoms with Gasteiger partial charge in [0.1, 0.15) is 5.76 Å². The molecule has 0 aliphatic rings. The fraction of sp³-hybridized carbons (Fsp3) is 0.333. The van der Waals surface area contributed by atoms with E-state index in [0.29, 0.717) is 24.4 Å². The minimum absolute atomic E-state index is 0.198. The van der Waals surface area contributed by atoms with Crippen LogP contribution in [0.5, 0.6) is 0 Å². The van der Waals surface area contributed by atoms with Gasteiger partial charge in [0.25, 0.3) is 5.91 Å². The average Bonchev–Trinajstić information content (AvgIpc) is 3.10. The van der Waals surface area contributed by atoms with Gasteiger partial charge in [-0.25, -0.2) is 4.79 Å². The van der Waals surface area contributed by atoms with Crippen LogP contribution < -0.4 is 0 Å². The molecule has 122 valence electrons. The van der Waals surface area contributed by atoms with E-state index < -0.39 is 5.97 Å². The molecule has 2 rings (SSSR count). The largest absolute Gasteiger partial charge is 0.467 e. The van der Waals surface area contributed by atoms with Gasteiger partial charge in [-0.3, -0.25) is 4.79 Å². The fourth-order valence-electron chi connectivity index (χ4n) is 2.32. The molecule has 1 aromatic carbocycles. The van der Waals surface area contributed by atoms with Gasteiger partial charge in [-0.15, -0.1) is 0 Å². The highest BCUT2D eigenvalue weighted by Crippen LogP contribution is 2.16. The van der Waals surface area contributed by atoms with Gasteiger partial charge in [0, 0.05) is 6.54 Å². The number of furan rings is 1. The van der Waals surface area contributed by atoms with Crippen LogP contribution in [0.4, 0.5) is 0 Å². The number of amides is 1. The maximum atomic E-state index is 12.9. The highest BCUT2D eigenvalue weighted by atomic mass is 16.5. The zero-order chi connectivity index (χ0) is 16.7. The molecule has 0 aliphatic carbocycles. The van der Waals surface area contributed by atoms with Gasteiger partial charge < -0.3 is 14.1 Å². The Kier molecular flexibility index (Phi) is 5.97. The standard InChI is InChI=1S/C18H21NO4/c1-3-4-11-19(13-14-8-7-12-23-14)17(20)15-9-5-6-10-16(15)18(21)22-2/h5-10,12H,3-4,11,13H2,1-2H3. The molecule has 23 heavy (non-hydrogen) atoms. The molecule has 5 nitrogen and oxygen atoms in total. The second-order valence-electron chi connectivity index (χ2n) is 5.20. The van der Waals surface area contributed by atoms with E-state index in [-0.39, 0.29) is 11.5 Å². The summed E-state index contributed by atoms with van der Waals surface area (Å²) in [7, 11) is 1.31.